The third kappa shape index (κ3) is 2.22. The van der Waals surface area contributed by atoms with Crippen molar-refractivity contribution in [2.45, 2.75) is 37.8 Å². The topological polar surface area (TPSA) is 38.5 Å². The average Bonchev–Trinajstić information content (AvgIpc) is 2.56. The van der Waals surface area contributed by atoms with E-state index in [4.69, 9.17) is 10.5 Å². The molecule has 2 aliphatic rings. The Kier molecular flexibility index (Phi) is 2.58. The SMILES string of the molecule is CC1(N)CCN(C2CCOC2)CC1. The minimum absolute atomic E-state index is 0.0793. The van der Waals surface area contributed by atoms with Gasteiger partial charge in [-0.15, -0.1) is 0 Å². The van der Waals surface area contributed by atoms with E-state index in [1.165, 1.54) is 6.42 Å². The molecule has 2 rings (SSSR count). The zero-order valence-electron chi connectivity index (χ0n) is 8.46. The monoisotopic (exact) mass is 184 g/mol. The number of ether oxygens (including phenoxy) is 1. The molecule has 0 amide bonds. The lowest BCUT2D eigenvalue weighted by molar-refractivity contribution is 0.104. The molecule has 2 N–H and O–H groups in total. The van der Waals surface area contributed by atoms with Crippen LogP contribution in [-0.2, 0) is 4.74 Å². The van der Waals surface area contributed by atoms with Crippen LogP contribution in [0.25, 0.3) is 0 Å². The molecule has 13 heavy (non-hydrogen) atoms. The van der Waals surface area contributed by atoms with E-state index in [0.29, 0.717) is 6.04 Å². The van der Waals surface area contributed by atoms with Crippen molar-refractivity contribution >= 4 is 0 Å². The summed E-state index contributed by atoms with van der Waals surface area (Å²) in [5, 5.41) is 0. The molecule has 0 aromatic heterocycles. The standard InChI is InChI=1S/C10H20N2O/c1-10(11)3-5-12(6-4-10)9-2-7-13-8-9/h9H,2-8,11H2,1H3. The fourth-order valence-corrected chi connectivity index (χ4v) is 2.21. The van der Waals surface area contributed by atoms with Crippen LogP contribution in [0.15, 0.2) is 0 Å². The van der Waals surface area contributed by atoms with E-state index in [1.54, 1.807) is 0 Å². The van der Waals surface area contributed by atoms with Gasteiger partial charge >= 0.3 is 0 Å². The molecule has 2 aliphatic heterocycles. The van der Waals surface area contributed by atoms with Crippen molar-refractivity contribution in [1.29, 1.82) is 0 Å². The van der Waals surface area contributed by atoms with Gasteiger partial charge in [0.15, 0.2) is 0 Å². The third-order valence-corrected chi connectivity index (χ3v) is 3.36. The van der Waals surface area contributed by atoms with E-state index in [0.717, 1.165) is 39.1 Å². The molecule has 3 heteroatoms. The molecule has 0 saturated carbocycles. The molecular weight excluding hydrogens is 164 g/mol. The Bertz CT molecular complexity index is 166. The first-order valence-electron chi connectivity index (χ1n) is 5.28. The number of rotatable bonds is 1. The van der Waals surface area contributed by atoms with Crippen LogP contribution >= 0.6 is 0 Å². The molecule has 76 valence electrons. The minimum atomic E-state index is 0.0793. The molecule has 2 fully saturated rings. The first-order valence-corrected chi connectivity index (χ1v) is 5.28. The molecule has 1 atom stereocenters. The minimum Gasteiger partial charge on any atom is -0.380 e. The molecule has 0 aromatic carbocycles. The van der Waals surface area contributed by atoms with Crippen LogP contribution in [0.5, 0.6) is 0 Å². The number of nitrogens with two attached hydrogens (primary N) is 1. The lowest BCUT2D eigenvalue weighted by Gasteiger charge is -2.39. The second kappa shape index (κ2) is 3.56. The van der Waals surface area contributed by atoms with Crippen LogP contribution < -0.4 is 5.73 Å². The maximum absolute atomic E-state index is 6.08. The molecule has 2 saturated heterocycles. The van der Waals surface area contributed by atoms with Crippen LogP contribution in [0, 0.1) is 0 Å². The average molecular weight is 184 g/mol. The van der Waals surface area contributed by atoms with Crippen molar-refractivity contribution in [2.24, 2.45) is 5.73 Å². The number of piperidine rings is 1. The van der Waals surface area contributed by atoms with Crippen molar-refractivity contribution in [2.75, 3.05) is 26.3 Å². The summed E-state index contributed by atoms with van der Waals surface area (Å²) in [6.07, 6.45) is 3.47. The predicted octanol–water partition coefficient (Wildman–Crippen LogP) is 0.588. The second-order valence-electron chi connectivity index (χ2n) is 4.71. The van der Waals surface area contributed by atoms with Crippen LogP contribution in [0.4, 0.5) is 0 Å². The van der Waals surface area contributed by atoms with E-state index in [-0.39, 0.29) is 5.54 Å². The zero-order valence-corrected chi connectivity index (χ0v) is 8.46. The van der Waals surface area contributed by atoms with Gasteiger partial charge in [0, 0.05) is 31.3 Å². The second-order valence-corrected chi connectivity index (χ2v) is 4.71. The first kappa shape index (κ1) is 9.44. The Morgan fingerprint density at radius 3 is 2.62 bits per heavy atom. The van der Waals surface area contributed by atoms with Crippen molar-refractivity contribution in [3.05, 3.63) is 0 Å². The summed E-state index contributed by atoms with van der Waals surface area (Å²) in [6, 6.07) is 0.677. The number of hydrogen-bond donors (Lipinski definition) is 1. The highest BCUT2D eigenvalue weighted by Crippen LogP contribution is 2.23. The Balaban J connectivity index is 1.83. The van der Waals surface area contributed by atoms with Crippen molar-refractivity contribution in [3.8, 4) is 0 Å². The lowest BCUT2D eigenvalue weighted by atomic mass is 9.90. The van der Waals surface area contributed by atoms with Crippen LogP contribution in [0.3, 0.4) is 0 Å². The molecule has 0 aromatic rings. The first-order chi connectivity index (χ1) is 6.17. The third-order valence-electron chi connectivity index (χ3n) is 3.36. The Hall–Kier alpha value is -0.120. The molecule has 0 bridgehead atoms. The van der Waals surface area contributed by atoms with E-state index >= 15 is 0 Å². The van der Waals surface area contributed by atoms with Gasteiger partial charge in [-0.2, -0.15) is 0 Å². The van der Waals surface area contributed by atoms with Crippen LogP contribution in [0.2, 0.25) is 0 Å². The molecule has 0 aliphatic carbocycles. The normalized spacial score (nSPS) is 35.1. The predicted molar refractivity (Wildman–Crippen MR) is 52.6 cm³/mol. The summed E-state index contributed by atoms with van der Waals surface area (Å²) in [4.78, 5) is 2.54. The Labute approximate surface area is 80.2 Å². The van der Waals surface area contributed by atoms with Crippen molar-refractivity contribution in [1.82, 2.24) is 4.90 Å². The molecule has 0 radical (unpaired) electrons. The van der Waals surface area contributed by atoms with Crippen molar-refractivity contribution < 1.29 is 4.74 Å². The Morgan fingerprint density at radius 2 is 2.08 bits per heavy atom. The zero-order chi connectivity index (χ0) is 9.31. The van der Waals surface area contributed by atoms with Crippen molar-refractivity contribution in [3.63, 3.8) is 0 Å². The van der Waals surface area contributed by atoms with E-state index in [1.807, 2.05) is 0 Å². The fraction of sp³-hybridized carbons (Fsp3) is 1.00. The van der Waals surface area contributed by atoms with E-state index < -0.39 is 0 Å². The fourth-order valence-electron chi connectivity index (χ4n) is 2.21. The quantitative estimate of drug-likeness (QED) is 0.648. The van der Waals surface area contributed by atoms with Gasteiger partial charge in [0.1, 0.15) is 0 Å². The Morgan fingerprint density at radius 1 is 1.38 bits per heavy atom. The highest BCUT2D eigenvalue weighted by molar-refractivity contribution is 4.89. The van der Waals surface area contributed by atoms with Crippen LogP contribution in [0.1, 0.15) is 26.2 Å². The van der Waals surface area contributed by atoms with Gasteiger partial charge in [-0.3, -0.25) is 4.90 Å². The van der Waals surface area contributed by atoms with Gasteiger partial charge in [0.25, 0.3) is 0 Å². The van der Waals surface area contributed by atoms with Gasteiger partial charge in [-0.25, -0.2) is 0 Å². The largest absolute Gasteiger partial charge is 0.380 e. The smallest absolute Gasteiger partial charge is 0.0622 e. The number of hydrogen-bond acceptors (Lipinski definition) is 3. The van der Waals surface area contributed by atoms with Crippen LogP contribution in [-0.4, -0.2) is 42.8 Å². The van der Waals surface area contributed by atoms with E-state index in [9.17, 15) is 0 Å². The number of nitrogens with zero attached hydrogens (tertiary/aromatic N) is 1. The van der Waals surface area contributed by atoms with Gasteiger partial charge in [-0.05, 0) is 26.2 Å². The summed E-state index contributed by atoms with van der Waals surface area (Å²) in [5.74, 6) is 0. The highest BCUT2D eigenvalue weighted by atomic mass is 16.5. The molecule has 3 nitrogen and oxygen atoms in total. The molecule has 0 spiro atoms. The molecule has 2 heterocycles. The highest BCUT2D eigenvalue weighted by Gasteiger charge is 2.31. The molecule has 1 unspecified atom stereocenters. The molecular formula is C10H20N2O. The lowest BCUT2D eigenvalue weighted by Crippen LogP contribution is -2.51. The summed E-state index contributed by atoms with van der Waals surface area (Å²) in [7, 11) is 0. The van der Waals surface area contributed by atoms with Gasteiger partial charge in [-0.1, -0.05) is 0 Å². The summed E-state index contributed by atoms with van der Waals surface area (Å²) in [6.45, 7) is 6.35. The van der Waals surface area contributed by atoms with E-state index in [2.05, 4.69) is 11.8 Å². The maximum Gasteiger partial charge on any atom is 0.0622 e. The van der Waals surface area contributed by atoms with Gasteiger partial charge in [0.05, 0.1) is 6.61 Å². The summed E-state index contributed by atoms with van der Waals surface area (Å²) >= 11 is 0. The summed E-state index contributed by atoms with van der Waals surface area (Å²) in [5.41, 5.74) is 6.16. The number of likely N-dealkylation sites (tertiary alicyclic amines) is 1. The summed E-state index contributed by atoms with van der Waals surface area (Å²) < 4.78 is 5.39. The van der Waals surface area contributed by atoms with Gasteiger partial charge < -0.3 is 10.5 Å². The maximum atomic E-state index is 6.08. The van der Waals surface area contributed by atoms with Gasteiger partial charge in [0.2, 0.25) is 0 Å².